The maximum atomic E-state index is 12.0. The number of hydrogen-bond acceptors (Lipinski definition) is 4. The molecule has 0 heterocycles. The van der Waals surface area contributed by atoms with E-state index in [1.165, 1.54) is 7.11 Å². The van der Waals surface area contributed by atoms with E-state index in [1.54, 1.807) is 0 Å². The molecule has 3 unspecified atom stereocenters. The number of carbonyl (C=O) groups is 1. The van der Waals surface area contributed by atoms with E-state index in [4.69, 9.17) is 10.5 Å². The van der Waals surface area contributed by atoms with Gasteiger partial charge in [-0.1, -0.05) is 19.8 Å². The summed E-state index contributed by atoms with van der Waals surface area (Å²) in [6, 6.07) is 0. The summed E-state index contributed by atoms with van der Waals surface area (Å²) in [7, 11) is 1.51. The third-order valence-corrected chi connectivity index (χ3v) is 3.34. The highest BCUT2D eigenvalue weighted by molar-refractivity contribution is 5.86. The molecule has 1 fully saturated rings. The van der Waals surface area contributed by atoms with Gasteiger partial charge in [-0.3, -0.25) is 4.79 Å². The van der Waals surface area contributed by atoms with Gasteiger partial charge >= 0.3 is 0 Å². The van der Waals surface area contributed by atoms with Crippen molar-refractivity contribution in [2.24, 2.45) is 11.7 Å². The number of hydrogen-bond donors (Lipinski definition) is 3. The first-order chi connectivity index (χ1) is 7.98. The molecule has 3 atom stereocenters. The normalized spacial score (nSPS) is 30.9. The summed E-state index contributed by atoms with van der Waals surface area (Å²) in [5.41, 5.74) is 5.37. The third kappa shape index (κ3) is 4.26. The fourth-order valence-corrected chi connectivity index (χ4v) is 2.44. The van der Waals surface area contributed by atoms with Crippen LogP contribution in [0.15, 0.2) is 0 Å². The Balaban J connectivity index is 2.40. The standard InChI is InChI=1S/C12H24N2O3/c1-9-4-3-5-12(13,6-9)11(16)14-7-10(15)8-17-2/h9-10,15H,3-8,13H2,1-2H3,(H,14,16). The zero-order chi connectivity index (χ0) is 12.9. The van der Waals surface area contributed by atoms with Crippen LogP contribution in [-0.2, 0) is 9.53 Å². The number of rotatable bonds is 5. The van der Waals surface area contributed by atoms with Crippen molar-refractivity contribution in [3.8, 4) is 0 Å². The predicted octanol–water partition coefficient (Wildman–Crippen LogP) is 0.0175. The van der Waals surface area contributed by atoms with E-state index in [1.807, 2.05) is 0 Å². The van der Waals surface area contributed by atoms with E-state index in [2.05, 4.69) is 12.2 Å². The van der Waals surface area contributed by atoms with Gasteiger partial charge in [0.15, 0.2) is 0 Å². The Morgan fingerprint density at radius 2 is 2.41 bits per heavy atom. The van der Waals surface area contributed by atoms with Gasteiger partial charge < -0.3 is 20.9 Å². The molecule has 0 aromatic carbocycles. The molecule has 4 N–H and O–H groups in total. The van der Waals surface area contributed by atoms with Gasteiger partial charge in [-0.2, -0.15) is 0 Å². The van der Waals surface area contributed by atoms with Gasteiger partial charge in [-0.05, 0) is 18.8 Å². The highest BCUT2D eigenvalue weighted by Gasteiger charge is 2.37. The van der Waals surface area contributed by atoms with E-state index in [-0.39, 0.29) is 19.1 Å². The van der Waals surface area contributed by atoms with E-state index in [0.29, 0.717) is 5.92 Å². The fourth-order valence-electron chi connectivity index (χ4n) is 2.44. The molecule has 5 nitrogen and oxygen atoms in total. The highest BCUT2D eigenvalue weighted by Crippen LogP contribution is 2.30. The van der Waals surface area contributed by atoms with Crippen LogP contribution in [-0.4, -0.2) is 42.9 Å². The molecule has 0 aromatic heterocycles. The molecule has 0 bridgehead atoms. The molecule has 1 rings (SSSR count). The minimum absolute atomic E-state index is 0.154. The summed E-state index contributed by atoms with van der Waals surface area (Å²) < 4.78 is 4.79. The lowest BCUT2D eigenvalue weighted by molar-refractivity contribution is -0.128. The van der Waals surface area contributed by atoms with Crippen molar-refractivity contribution in [3.05, 3.63) is 0 Å². The lowest BCUT2D eigenvalue weighted by Crippen LogP contribution is -2.57. The maximum absolute atomic E-state index is 12.0. The number of carbonyl (C=O) groups excluding carboxylic acids is 1. The van der Waals surface area contributed by atoms with E-state index in [9.17, 15) is 9.90 Å². The average Bonchev–Trinajstić information content (AvgIpc) is 2.26. The van der Waals surface area contributed by atoms with Crippen molar-refractivity contribution < 1.29 is 14.6 Å². The van der Waals surface area contributed by atoms with Crippen LogP contribution in [0.1, 0.15) is 32.6 Å². The molecule has 1 amide bonds. The van der Waals surface area contributed by atoms with Crippen molar-refractivity contribution >= 4 is 5.91 Å². The quantitative estimate of drug-likeness (QED) is 0.636. The lowest BCUT2D eigenvalue weighted by atomic mass is 9.76. The Morgan fingerprint density at radius 1 is 1.71 bits per heavy atom. The van der Waals surface area contributed by atoms with Crippen LogP contribution in [0, 0.1) is 5.92 Å². The zero-order valence-electron chi connectivity index (χ0n) is 10.7. The molecule has 0 aromatic rings. The molecule has 0 radical (unpaired) electrons. The highest BCUT2D eigenvalue weighted by atomic mass is 16.5. The minimum atomic E-state index is -0.759. The predicted molar refractivity (Wildman–Crippen MR) is 65.4 cm³/mol. The van der Waals surface area contributed by atoms with Gasteiger partial charge in [-0.15, -0.1) is 0 Å². The topological polar surface area (TPSA) is 84.6 Å². The summed E-state index contributed by atoms with van der Waals surface area (Å²) in [6.07, 6.45) is 2.90. The molecular weight excluding hydrogens is 220 g/mol. The second-order valence-electron chi connectivity index (χ2n) is 5.18. The maximum Gasteiger partial charge on any atom is 0.240 e. The summed E-state index contributed by atoms with van der Waals surface area (Å²) in [5.74, 6) is 0.336. The third-order valence-electron chi connectivity index (χ3n) is 3.34. The molecule has 100 valence electrons. The summed E-state index contributed by atoms with van der Waals surface area (Å²) in [4.78, 5) is 12.0. The number of aliphatic hydroxyl groups excluding tert-OH is 1. The van der Waals surface area contributed by atoms with Crippen LogP contribution >= 0.6 is 0 Å². The minimum Gasteiger partial charge on any atom is -0.389 e. The van der Waals surface area contributed by atoms with Crippen LogP contribution in [0.2, 0.25) is 0 Å². The van der Waals surface area contributed by atoms with Gasteiger partial charge in [0.1, 0.15) is 0 Å². The lowest BCUT2D eigenvalue weighted by Gasteiger charge is -2.35. The van der Waals surface area contributed by atoms with Crippen LogP contribution in [0.25, 0.3) is 0 Å². The van der Waals surface area contributed by atoms with Crippen LogP contribution in [0.5, 0.6) is 0 Å². The molecule has 0 saturated heterocycles. The van der Waals surface area contributed by atoms with E-state index in [0.717, 1.165) is 25.7 Å². The van der Waals surface area contributed by atoms with Crippen molar-refractivity contribution in [1.82, 2.24) is 5.32 Å². The Bertz CT molecular complexity index is 260. The van der Waals surface area contributed by atoms with E-state index >= 15 is 0 Å². The Morgan fingerprint density at radius 3 is 3.00 bits per heavy atom. The summed E-state index contributed by atoms with van der Waals surface area (Å²) in [5, 5.41) is 12.2. The molecule has 1 saturated carbocycles. The van der Waals surface area contributed by atoms with Crippen LogP contribution in [0.4, 0.5) is 0 Å². The number of aliphatic hydroxyl groups is 1. The first-order valence-electron chi connectivity index (χ1n) is 6.22. The van der Waals surface area contributed by atoms with E-state index < -0.39 is 11.6 Å². The molecule has 1 aliphatic rings. The van der Waals surface area contributed by atoms with Crippen LogP contribution in [0.3, 0.4) is 0 Å². The number of nitrogens with one attached hydrogen (secondary N) is 1. The number of ether oxygens (including phenoxy) is 1. The first-order valence-corrected chi connectivity index (χ1v) is 6.22. The van der Waals surface area contributed by atoms with Crippen molar-refractivity contribution in [2.75, 3.05) is 20.3 Å². The number of nitrogens with two attached hydrogens (primary N) is 1. The van der Waals surface area contributed by atoms with Crippen molar-refractivity contribution in [1.29, 1.82) is 0 Å². The van der Waals surface area contributed by atoms with Crippen molar-refractivity contribution in [3.63, 3.8) is 0 Å². The Hall–Kier alpha value is -0.650. The fraction of sp³-hybridized carbons (Fsp3) is 0.917. The van der Waals surface area contributed by atoms with Gasteiger partial charge in [0.2, 0.25) is 5.91 Å². The van der Waals surface area contributed by atoms with Gasteiger partial charge in [0.05, 0.1) is 18.2 Å². The van der Waals surface area contributed by atoms with Crippen molar-refractivity contribution in [2.45, 2.75) is 44.2 Å². The average molecular weight is 244 g/mol. The Labute approximate surface area is 103 Å². The number of amides is 1. The Kier molecular flexibility index (Phi) is 5.36. The SMILES string of the molecule is COCC(O)CNC(=O)C1(N)CCCC(C)C1. The smallest absolute Gasteiger partial charge is 0.240 e. The largest absolute Gasteiger partial charge is 0.389 e. The molecule has 0 spiro atoms. The van der Waals surface area contributed by atoms with Gasteiger partial charge in [0.25, 0.3) is 0 Å². The molecule has 17 heavy (non-hydrogen) atoms. The first kappa shape index (κ1) is 14.4. The van der Waals surface area contributed by atoms with Gasteiger partial charge in [-0.25, -0.2) is 0 Å². The molecule has 1 aliphatic carbocycles. The summed E-state index contributed by atoms with van der Waals surface area (Å²) in [6.45, 7) is 2.53. The molecule has 5 heteroatoms. The molecule has 0 aliphatic heterocycles. The van der Waals surface area contributed by atoms with Gasteiger partial charge in [0, 0.05) is 13.7 Å². The second kappa shape index (κ2) is 6.33. The zero-order valence-corrected chi connectivity index (χ0v) is 10.7. The van der Waals surface area contributed by atoms with Crippen LogP contribution < -0.4 is 11.1 Å². The summed E-state index contributed by atoms with van der Waals surface area (Å²) >= 11 is 0. The number of methoxy groups -OCH3 is 1. The second-order valence-corrected chi connectivity index (χ2v) is 5.18. The molecular formula is C12H24N2O3. The monoisotopic (exact) mass is 244 g/mol.